The van der Waals surface area contributed by atoms with Crippen LogP contribution in [0.25, 0.3) is 0 Å². The molecule has 0 aromatic carbocycles. The lowest BCUT2D eigenvalue weighted by atomic mass is 9.77. The molecule has 1 radical (unpaired) electrons. The standard InChI is InChI=1S/C6H8N/c1-5-2-6(3-5)4-7/h6H,2-3H2,1H3. The van der Waals surface area contributed by atoms with Crippen LogP contribution in [0.5, 0.6) is 0 Å². The molecule has 1 rings (SSSR count). The number of nitriles is 1. The summed E-state index contributed by atoms with van der Waals surface area (Å²) in [7, 11) is 0. The largest absolute Gasteiger partial charge is 0.198 e. The lowest BCUT2D eigenvalue weighted by Crippen LogP contribution is -2.16. The van der Waals surface area contributed by atoms with E-state index in [2.05, 4.69) is 13.0 Å². The van der Waals surface area contributed by atoms with Gasteiger partial charge in [-0.1, -0.05) is 6.92 Å². The molecule has 0 aromatic rings. The third-order valence-corrected chi connectivity index (χ3v) is 1.37. The molecule has 1 aliphatic carbocycles. The summed E-state index contributed by atoms with van der Waals surface area (Å²) in [5, 5.41) is 8.24. The quantitative estimate of drug-likeness (QED) is 0.446. The minimum atomic E-state index is 0.361. The lowest BCUT2D eigenvalue weighted by molar-refractivity contribution is 0.445. The van der Waals surface area contributed by atoms with E-state index in [4.69, 9.17) is 5.26 Å². The summed E-state index contributed by atoms with van der Waals surface area (Å²) in [6.45, 7) is 2.10. The highest BCUT2D eigenvalue weighted by atomic mass is 14.3. The van der Waals surface area contributed by atoms with Gasteiger partial charge >= 0.3 is 0 Å². The van der Waals surface area contributed by atoms with Gasteiger partial charge in [0.2, 0.25) is 0 Å². The summed E-state index contributed by atoms with van der Waals surface area (Å²) >= 11 is 0. The molecule has 1 fully saturated rings. The van der Waals surface area contributed by atoms with Crippen LogP contribution in [0.15, 0.2) is 0 Å². The van der Waals surface area contributed by atoms with Gasteiger partial charge in [-0.15, -0.1) is 0 Å². The number of hydrogen-bond acceptors (Lipinski definition) is 1. The SMILES string of the molecule is C[C]1CC(C#N)C1. The van der Waals surface area contributed by atoms with Gasteiger partial charge in [0, 0.05) is 5.92 Å². The molecule has 1 aliphatic rings. The molecule has 0 aliphatic heterocycles. The zero-order valence-electron chi connectivity index (χ0n) is 4.44. The second-order valence-electron chi connectivity index (χ2n) is 2.19. The maximum atomic E-state index is 8.24. The van der Waals surface area contributed by atoms with Gasteiger partial charge in [0.15, 0.2) is 0 Å². The summed E-state index contributed by atoms with van der Waals surface area (Å²) in [6, 6.07) is 2.21. The van der Waals surface area contributed by atoms with Crippen LogP contribution < -0.4 is 0 Å². The van der Waals surface area contributed by atoms with E-state index in [9.17, 15) is 0 Å². The van der Waals surface area contributed by atoms with E-state index >= 15 is 0 Å². The zero-order chi connectivity index (χ0) is 5.28. The molecule has 0 aromatic heterocycles. The van der Waals surface area contributed by atoms with Gasteiger partial charge in [-0.05, 0) is 18.8 Å². The topological polar surface area (TPSA) is 23.8 Å². The van der Waals surface area contributed by atoms with Gasteiger partial charge < -0.3 is 0 Å². The Morgan fingerprint density at radius 2 is 2.29 bits per heavy atom. The molecule has 0 amide bonds. The lowest BCUT2D eigenvalue weighted by Gasteiger charge is -2.25. The molecule has 0 unspecified atom stereocenters. The first kappa shape index (κ1) is 4.64. The summed E-state index contributed by atoms with van der Waals surface area (Å²) in [5.41, 5.74) is 0. The molecule has 1 saturated carbocycles. The zero-order valence-corrected chi connectivity index (χ0v) is 4.44. The Labute approximate surface area is 44.0 Å². The van der Waals surface area contributed by atoms with Crippen molar-refractivity contribution in [1.29, 1.82) is 5.26 Å². The van der Waals surface area contributed by atoms with Crippen LogP contribution in [0.4, 0.5) is 0 Å². The van der Waals surface area contributed by atoms with Crippen LogP contribution >= 0.6 is 0 Å². The molecule has 0 spiro atoms. The van der Waals surface area contributed by atoms with Gasteiger partial charge in [-0.2, -0.15) is 5.26 Å². The Morgan fingerprint density at radius 1 is 1.71 bits per heavy atom. The second kappa shape index (κ2) is 1.54. The van der Waals surface area contributed by atoms with Crippen LogP contribution in [0.1, 0.15) is 19.8 Å². The normalized spacial score (nSPS) is 23.4. The van der Waals surface area contributed by atoms with Crippen molar-refractivity contribution in [3.63, 3.8) is 0 Å². The van der Waals surface area contributed by atoms with Crippen molar-refractivity contribution in [2.45, 2.75) is 19.8 Å². The monoisotopic (exact) mass is 94.1 g/mol. The van der Waals surface area contributed by atoms with Crippen LogP contribution in [-0.4, -0.2) is 0 Å². The highest BCUT2D eigenvalue weighted by molar-refractivity contribution is 5.07. The highest BCUT2D eigenvalue weighted by Crippen LogP contribution is 2.33. The van der Waals surface area contributed by atoms with Crippen molar-refractivity contribution in [2.75, 3.05) is 0 Å². The molecule has 0 N–H and O–H groups in total. The van der Waals surface area contributed by atoms with Crippen molar-refractivity contribution >= 4 is 0 Å². The van der Waals surface area contributed by atoms with Crippen molar-refractivity contribution in [3.05, 3.63) is 5.92 Å². The van der Waals surface area contributed by atoms with Crippen LogP contribution in [0, 0.1) is 23.2 Å². The third kappa shape index (κ3) is 0.742. The molecular formula is C6H8N. The van der Waals surface area contributed by atoms with Crippen molar-refractivity contribution in [3.8, 4) is 6.07 Å². The van der Waals surface area contributed by atoms with Gasteiger partial charge in [0.1, 0.15) is 0 Å². The highest BCUT2D eigenvalue weighted by Gasteiger charge is 2.24. The summed E-state index contributed by atoms with van der Waals surface area (Å²) in [5.74, 6) is 1.84. The van der Waals surface area contributed by atoms with Crippen molar-refractivity contribution in [1.82, 2.24) is 0 Å². The molecule has 0 atom stereocenters. The van der Waals surface area contributed by atoms with E-state index in [1.165, 1.54) is 5.92 Å². The Kier molecular flexibility index (Phi) is 1.02. The van der Waals surface area contributed by atoms with Gasteiger partial charge in [-0.25, -0.2) is 0 Å². The van der Waals surface area contributed by atoms with E-state index in [1.54, 1.807) is 0 Å². The Balaban J connectivity index is 2.21. The van der Waals surface area contributed by atoms with Crippen LogP contribution in [0.2, 0.25) is 0 Å². The Bertz CT molecular complexity index is 95.2. The van der Waals surface area contributed by atoms with E-state index in [0.29, 0.717) is 5.92 Å². The van der Waals surface area contributed by atoms with E-state index < -0.39 is 0 Å². The van der Waals surface area contributed by atoms with Gasteiger partial charge in [-0.3, -0.25) is 0 Å². The number of rotatable bonds is 0. The average molecular weight is 94.1 g/mol. The number of nitrogens with zero attached hydrogens (tertiary/aromatic N) is 1. The van der Waals surface area contributed by atoms with Crippen LogP contribution in [0.3, 0.4) is 0 Å². The maximum absolute atomic E-state index is 8.24. The second-order valence-corrected chi connectivity index (χ2v) is 2.19. The molecule has 1 nitrogen and oxygen atoms in total. The first-order valence-electron chi connectivity index (χ1n) is 2.54. The summed E-state index contributed by atoms with van der Waals surface area (Å²) in [6.07, 6.45) is 2.10. The molecule has 0 heterocycles. The van der Waals surface area contributed by atoms with Gasteiger partial charge in [0.05, 0.1) is 6.07 Å². The maximum Gasteiger partial charge on any atom is 0.0656 e. The minimum Gasteiger partial charge on any atom is -0.198 e. The minimum absolute atomic E-state index is 0.361. The first-order chi connectivity index (χ1) is 3.33. The first-order valence-corrected chi connectivity index (χ1v) is 2.54. The predicted octanol–water partition coefficient (Wildman–Crippen LogP) is 1.51. The van der Waals surface area contributed by atoms with Crippen LogP contribution in [-0.2, 0) is 0 Å². The van der Waals surface area contributed by atoms with Gasteiger partial charge in [0.25, 0.3) is 0 Å². The summed E-state index contributed by atoms with van der Waals surface area (Å²) in [4.78, 5) is 0. The van der Waals surface area contributed by atoms with Crippen molar-refractivity contribution in [2.24, 2.45) is 5.92 Å². The number of hydrogen-bond donors (Lipinski definition) is 0. The third-order valence-electron chi connectivity index (χ3n) is 1.37. The summed E-state index contributed by atoms with van der Waals surface area (Å²) < 4.78 is 0. The van der Waals surface area contributed by atoms with Crippen molar-refractivity contribution < 1.29 is 0 Å². The fourth-order valence-electron chi connectivity index (χ4n) is 0.873. The Morgan fingerprint density at radius 3 is 2.43 bits per heavy atom. The predicted molar refractivity (Wildman–Crippen MR) is 27.3 cm³/mol. The fourth-order valence-corrected chi connectivity index (χ4v) is 0.873. The molecule has 37 valence electrons. The molecule has 0 saturated heterocycles. The molecule has 1 heteroatoms. The molecule has 0 bridgehead atoms. The smallest absolute Gasteiger partial charge is 0.0656 e. The molecular weight excluding hydrogens is 86.1 g/mol. The van der Waals surface area contributed by atoms with E-state index in [0.717, 1.165) is 12.8 Å². The fraction of sp³-hybridized carbons (Fsp3) is 0.667. The van der Waals surface area contributed by atoms with E-state index in [-0.39, 0.29) is 0 Å². The van der Waals surface area contributed by atoms with E-state index in [1.807, 2.05) is 0 Å². The average Bonchev–Trinajstić information content (AvgIpc) is 1.58. The molecule has 7 heavy (non-hydrogen) atoms. The Hall–Kier alpha value is -0.510.